The molecule has 1 aromatic carbocycles. The van der Waals surface area contributed by atoms with E-state index in [1.165, 1.54) is 17.5 Å². The van der Waals surface area contributed by atoms with Crippen LogP contribution in [0.2, 0.25) is 0 Å². The SMILES string of the molecule is CCOC(=O)c1ccc2c(C)cc(-c3cnc4[nH]c5c(N(C)C(=O)OC(C)(C)C)cc(F)c(F)c5c4c3N3CC[C@H]4CN(C)CC43)cn2c1=O. The number of anilines is 2. The minimum atomic E-state index is -1.13. The van der Waals surface area contributed by atoms with Crippen molar-refractivity contribution in [3.05, 3.63) is 69.8 Å². The van der Waals surface area contributed by atoms with E-state index < -0.39 is 34.9 Å². The minimum absolute atomic E-state index is 0.0381. The molecule has 0 radical (unpaired) electrons. The number of aryl methyl sites for hydroxylation is 1. The standard InChI is InChI=1S/C37H40F2N6O5/c1-8-49-35(47)22-9-10-25-19(2)13-21(17-45(25)34(22)46)23-15-40-33-29(32(23)44-12-11-20-16-42(6)18-27(20)44)28-30(39)24(38)14-26(31(28)41-33)43(7)36(48)50-37(3,4)5/h9-10,13-15,17,20,27H,8,11-12,16,18H2,1-7H3,(H,40,41)/t20-,27?/m0/s1. The number of benzene rings is 1. The number of rotatable bonds is 5. The van der Waals surface area contributed by atoms with E-state index in [4.69, 9.17) is 14.5 Å². The van der Waals surface area contributed by atoms with E-state index in [2.05, 4.69) is 21.8 Å². The molecule has 7 rings (SSSR count). The number of nitrogens with one attached hydrogen (secondary N) is 1. The number of ether oxygens (including phenoxy) is 2. The van der Waals surface area contributed by atoms with E-state index >= 15 is 8.78 Å². The lowest BCUT2D eigenvalue weighted by atomic mass is 9.99. The van der Waals surface area contributed by atoms with Crippen LogP contribution in [0, 0.1) is 24.5 Å². The zero-order valence-corrected chi connectivity index (χ0v) is 29.2. The first-order valence-corrected chi connectivity index (χ1v) is 16.8. The van der Waals surface area contributed by atoms with Crippen molar-refractivity contribution in [2.45, 2.75) is 52.7 Å². The van der Waals surface area contributed by atoms with Crippen molar-refractivity contribution >= 4 is 50.9 Å². The summed E-state index contributed by atoms with van der Waals surface area (Å²) in [5.41, 5.74) is 2.40. The van der Waals surface area contributed by atoms with Crippen LogP contribution in [0.3, 0.4) is 0 Å². The average molecular weight is 687 g/mol. The highest BCUT2D eigenvalue weighted by Crippen LogP contribution is 2.47. The van der Waals surface area contributed by atoms with Crippen molar-refractivity contribution in [3.63, 3.8) is 0 Å². The van der Waals surface area contributed by atoms with Gasteiger partial charge in [0.15, 0.2) is 11.6 Å². The van der Waals surface area contributed by atoms with Crippen LogP contribution in [0.5, 0.6) is 0 Å². The molecule has 13 heteroatoms. The molecule has 1 N–H and O–H groups in total. The Balaban J connectivity index is 1.52. The van der Waals surface area contributed by atoms with E-state index in [0.717, 1.165) is 36.0 Å². The molecule has 0 spiro atoms. The summed E-state index contributed by atoms with van der Waals surface area (Å²) in [5, 5.41) is 0.331. The van der Waals surface area contributed by atoms with E-state index in [-0.39, 0.29) is 34.8 Å². The first-order chi connectivity index (χ1) is 23.7. The maximum Gasteiger partial charge on any atom is 0.414 e. The molecule has 11 nitrogen and oxygen atoms in total. The third-order valence-electron chi connectivity index (χ3n) is 9.76. The Morgan fingerprint density at radius 3 is 2.62 bits per heavy atom. The minimum Gasteiger partial charge on any atom is -0.462 e. The topological polar surface area (TPSA) is 112 Å². The maximum absolute atomic E-state index is 16.2. The molecular weight excluding hydrogens is 646 g/mol. The third-order valence-corrected chi connectivity index (χ3v) is 9.76. The molecule has 2 aliphatic rings. The number of likely N-dealkylation sites (tertiary alicyclic amines) is 1. The summed E-state index contributed by atoms with van der Waals surface area (Å²) in [6.07, 6.45) is 3.50. The molecule has 2 saturated heterocycles. The van der Waals surface area contributed by atoms with Gasteiger partial charge < -0.3 is 24.3 Å². The van der Waals surface area contributed by atoms with Gasteiger partial charge in [-0.3, -0.25) is 14.1 Å². The summed E-state index contributed by atoms with van der Waals surface area (Å²) in [6.45, 7) is 11.2. The number of fused-ring (bicyclic) bond motifs is 5. The highest BCUT2D eigenvalue weighted by molar-refractivity contribution is 6.19. The van der Waals surface area contributed by atoms with Gasteiger partial charge in [-0.05, 0) is 77.8 Å². The number of carbonyl (C=O) groups excluding carboxylic acids is 2. The number of H-pyrrole nitrogens is 1. The van der Waals surface area contributed by atoms with E-state index in [1.807, 2.05) is 13.0 Å². The number of hydrogen-bond acceptors (Lipinski definition) is 8. The summed E-state index contributed by atoms with van der Waals surface area (Å²) in [4.78, 5) is 53.0. The van der Waals surface area contributed by atoms with Crippen LogP contribution in [-0.2, 0) is 9.47 Å². The second-order valence-corrected chi connectivity index (χ2v) is 14.3. The van der Waals surface area contributed by atoms with Crippen molar-refractivity contribution in [2.75, 3.05) is 50.1 Å². The van der Waals surface area contributed by atoms with E-state index in [9.17, 15) is 14.4 Å². The second-order valence-electron chi connectivity index (χ2n) is 14.3. The largest absolute Gasteiger partial charge is 0.462 e. The van der Waals surface area contributed by atoms with Crippen molar-refractivity contribution < 1.29 is 27.8 Å². The average Bonchev–Trinajstić information content (AvgIpc) is 3.74. The van der Waals surface area contributed by atoms with Gasteiger partial charge in [-0.15, -0.1) is 0 Å². The Bertz CT molecular complexity index is 2280. The van der Waals surface area contributed by atoms with Gasteiger partial charge in [0.1, 0.15) is 16.8 Å². The Morgan fingerprint density at radius 1 is 1.14 bits per heavy atom. The predicted octanol–water partition coefficient (Wildman–Crippen LogP) is 6.27. The van der Waals surface area contributed by atoms with Gasteiger partial charge >= 0.3 is 12.1 Å². The first kappa shape index (κ1) is 33.5. The zero-order valence-electron chi connectivity index (χ0n) is 29.2. The lowest BCUT2D eigenvalue weighted by Gasteiger charge is -2.29. The maximum atomic E-state index is 16.2. The van der Waals surface area contributed by atoms with Crippen LogP contribution in [-0.4, -0.2) is 83.3 Å². The molecule has 5 aromatic rings. The Morgan fingerprint density at radius 2 is 1.90 bits per heavy atom. The Hall–Kier alpha value is -5.04. The van der Waals surface area contributed by atoms with Crippen molar-refractivity contribution in [1.29, 1.82) is 0 Å². The number of aromatic amines is 1. The van der Waals surface area contributed by atoms with Gasteiger partial charge in [-0.1, -0.05) is 0 Å². The van der Waals surface area contributed by atoms with Gasteiger partial charge in [-0.2, -0.15) is 0 Å². The normalized spacial score (nSPS) is 18.0. The number of likely N-dealkylation sites (N-methyl/N-ethyl adjacent to an activating group) is 1. The number of carbonyl (C=O) groups is 2. The van der Waals surface area contributed by atoms with Crippen LogP contribution < -0.4 is 15.4 Å². The summed E-state index contributed by atoms with van der Waals surface area (Å²) >= 11 is 0. The predicted molar refractivity (Wildman–Crippen MR) is 188 cm³/mol. The lowest BCUT2D eigenvalue weighted by molar-refractivity contribution is 0.0522. The highest BCUT2D eigenvalue weighted by atomic mass is 19.2. The quantitative estimate of drug-likeness (QED) is 0.216. The molecule has 0 bridgehead atoms. The molecule has 50 heavy (non-hydrogen) atoms. The Kier molecular flexibility index (Phi) is 8.08. The van der Waals surface area contributed by atoms with E-state index in [0.29, 0.717) is 45.8 Å². The summed E-state index contributed by atoms with van der Waals surface area (Å²) in [5.74, 6) is -2.54. The first-order valence-electron chi connectivity index (χ1n) is 16.8. The molecule has 0 saturated carbocycles. The van der Waals surface area contributed by atoms with Gasteiger partial charge in [0.2, 0.25) is 0 Å². The van der Waals surface area contributed by atoms with E-state index in [1.54, 1.807) is 46.2 Å². The Labute approximate surface area is 287 Å². The van der Waals surface area contributed by atoms with Crippen molar-refractivity contribution in [1.82, 2.24) is 19.3 Å². The molecule has 4 aromatic heterocycles. The summed E-state index contributed by atoms with van der Waals surface area (Å²) in [7, 11) is 3.52. The molecular formula is C37H40F2N6O5. The van der Waals surface area contributed by atoms with Gasteiger partial charge in [0.25, 0.3) is 5.56 Å². The number of hydrogen-bond donors (Lipinski definition) is 1. The molecule has 0 aliphatic carbocycles. The van der Waals surface area contributed by atoms with Gasteiger partial charge in [0, 0.05) is 62.3 Å². The molecule has 2 aliphatic heterocycles. The molecule has 2 fully saturated rings. The molecule has 1 amide bonds. The van der Waals surface area contributed by atoms with Crippen LogP contribution >= 0.6 is 0 Å². The zero-order chi connectivity index (χ0) is 35.8. The summed E-state index contributed by atoms with van der Waals surface area (Å²) in [6, 6.07) is 6.17. The number of halogens is 2. The van der Waals surface area contributed by atoms with Crippen LogP contribution in [0.4, 0.5) is 25.0 Å². The number of aromatic nitrogens is 3. The second kappa shape index (κ2) is 12.1. The fourth-order valence-electron chi connectivity index (χ4n) is 7.58. The van der Waals surface area contributed by atoms with Gasteiger partial charge in [-0.25, -0.2) is 23.4 Å². The van der Waals surface area contributed by atoms with Crippen molar-refractivity contribution in [3.8, 4) is 11.1 Å². The third kappa shape index (κ3) is 5.44. The summed E-state index contributed by atoms with van der Waals surface area (Å²) < 4.78 is 44.0. The molecule has 1 unspecified atom stereocenters. The fraction of sp³-hybridized carbons (Fsp3) is 0.405. The number of amides is 1. The van der Waals surface area contributed by atoms with Crippen LogP contribution in [0.25, 0.3) is 38.6 Å². The fourth-order valence-corrected chi connectivity index (χ4v) is 7.58. The number of esters is 1. The molecule has 262 valence electrons. The molecule has 2 atom stereocenters. The number of pyridine rings is 3. The highest BCUT2D eigenvalue weighted by Gasteiger charge is 2.42. The van der Waals surface area contributed by atoms with Crippen molar-refractivity contribution in [2.24, 2.45) is 5.92 Å². The van der Waals surface area contributed by atoms with Gasteiger partial charge in [0.05, 0.1) is 39.8 Å². The number of nitrogens with zero attached hydrogens (tertiary/aromatic N) is 5. The smallest absolute Gasteiger partial charge is 0.414 e. The van der Waals surface area contributed by atoms with Crippen LogP contribution in [0.15, 0.2) is 41.5 Å². The van der Waals surface area contributed by atoms with Crippen LogP contribution in [0.1, 0.15) is 50.0 Å². The molecule has 6 heterocycles. The lowest BCUT2D eigenvalue weighted by Crippen LogP contribution is -2.35. The monoisotopic (exact) mass is 686 g/mol.